The van der Waals surface area contributed by atoms with Gasteiger partial charge < -0.3 is 26.0 Å². The molecule has 1 aromatic heterocycles. The molecule has 32 heavy (non-hydrogen) atoms. The van der Waals surface area contributed by atoms with Crippen LogP contribution >= 0.6 is 12.4 Å². The van der Waals surface area contributed by atoms with Gasteiger partial charge in [-0.15, -0.1) is 12.4 Å². The number of aromatic nitrogens is 2. The molecule has 0 aliphatic heterocycles. The lowest BCUT2D eigenvalue weighted by Gasteiger charge is -2.19. The van der Waals surface area contributed by atoms with Gasteiger partial charge in [0, 0.05) is 29.8 Å². The molecule has 0 saturated heterocycles. The molecule has 0 bridgehead atoms. The number of carboxylic acid groups (broad SMARTS) is 1. The van der Waals surface area contributed by atoms with Gasteiger partial charge in [0.15, 0.2) is 11.5 Å². The summed E-state index contributed by atoms with van der Waals surface area (Å²) in [6, 6.07) is 15.1. The Morgan fingerprint density at radius 2 is 1.88 bits per heavy atom. The molecule has 0 saturated carbocycles. The van der Waals surface area contributed by atoms with Crippen molar-refractivity contribution in [3.8, 4) is 23.5 Å². The number of nitrogens with two attached hydrogens (primary N) is 2. The van der Waals surface area contributed by atoms with Gasteiger partial charge in [0.25, 0.3) is 0 Å². The summed E-state index contributed by atoms with van der Waals surface area (Å²) in [5, 5.41) is 9.82. The predicted octanol–water partition coefficient (Wildman–Crippen LogP) is 3.16. The Kier molecular flexibility index (Phi) is 8.10. The smallest absolute Gasteiger partial charge is 0.424 e. The lowest BCUT2D eigenvalue weighted by Crippen LogP contribution is -2.24. The van der Waals surface area contributed by atoms with E-state index in [-0.39, 0.29) is 35.6 Å². The molecule has 2 aromatic carbocycles. The molecule has 0 fully saturated rings. The van der Waals surface area contributed by atoms with Crippen LogP contribution in [0.3, 0.4) is 0 Å². The maximum absolute atomic E-state index is 12.0. The molecule has 3 rings (SSSR count). The molecule has 0 unspecified atom stereocenters. The summed E-state index contributed by atoms with van der Waals surface area (Å²) in [6.07, 6.45) is 0.577. The summed E-state index contributed by atoms with van der Waals surface area (Å²) < 4.78 is 10.9. The number of hydrogen-bond donors (Lipinski definition) is 3. The zero-order valence-electron chi connectivity index (χ0n) is 17.4. The molecule has 0 atom stereocenters. The highest BCUT2D eigenvalue weighted by Gasteiger charge is 2.22. The fourth-order valence-corrected chi connectivity index (χ4v) is 2.91. The third-order valence-electron chi connectivity index (χ3n) is 4.35. The van der Waals surface area contributed by atoms with Gasteiger partial charge in [0.1, 0.15) is 11.5 Å². The van der Waals surface area contributed by atoms with Crippen LogP contribution in [0.1, 0.15) is 16.7 Å². The maximum Gasteiger partial charge on any atom is 0.424 e. The van der Waals surface area contributed by atoms with Gasteiger partial charge in [0.2, 0.25) is 5.95 Å². The van der Waals surface area contributed by atoms with Gasteiger partial charge in [-0.2, -0.15) is 9.88 Å². The molecule has 166 valence electrons. The lowest BCUT2D eigenvalue weighted by molar-refractivity contribution is 0.204. The monoisotopic (exact) mass is 455 g/mol. The second-order valence-electron chi connectivity index (χ2n) is 6.39. The van der Waals surface area contributed by atoms with Crippen molar-refractivity contribution in [1.82, 2.24) is 9.97 Å². The van der Waals surface area contributed by atoms with Crippen LogP contribution in [0.2, 0.25) is 0 Å². The van der Waals surface area contributed by atoms with Crippen LogP contribution in [0.25, 0.3) is 0 Å². The van der Waals surface area contributed by atoms with Crippen molar-refractivity contribution < 1.29 is 19.4 Å². The number of hydrogen-bond acceptors (Lipinski definition) is 7. The minimum Gasteiger partial charge on any atom is -0.493 e. The van der Waals surface area contributed by atoms with Crippen LogP contribution in [-0.4, -0.2) is 35.4 Å². The van der Waals surface area contributed by atoms with E-state index >= 15 is 0 Å². The quantitative estimate of drug-likeness (QED) is 0.394. The summed E-state index contributed by atoms with van der Waals surface area (Å²) in [5.74, 6) is 3.73. The van der Waals surface area contributed by atoms with Crippen LogP contribution in [0.15, 0.2) is 48.7 Å². The molecular weight excluding hydrogens is 434 g/mol. The van der Waals surface area contributed by atoms with Crippen LogP contribution in [0.5, 0.6) is 11.5 Å². The highest BCUT2D eigenvalue weighted by atomic mass is 35.5. The van der Waals surface area contributed by atoms with Gasteiger partial charge in [-0.25, -0.2) is 9.78 Å². The Hall–Kier alpha value is -4.16. The fourth-order valence-electron chi connectivity index (χ4n) is 2.91. The van der Waals surface area contributed by atoms with E-state index in [1.165, 1.54) is 20.4 Å². The van der Waals surface area contributed by atoms with Crippen molar-refractivity contribution in [3.05, 3.63) is 65.4 Å². The second-order valence-corrected chi connectivity index (χ2v) is 6.39. The number of methoxy groups -OCH3 is 2. The van der Waals surface area contributed by atoms with E-state index in [1.807, 2.05) is 18.2 Å². The molecule has 0 aliphatic carbocycles. The van der Waals surface area contributed by atoms with E-state index in [9.17, 15) is 9.90 Å². The van der Waals surface area contributed by atoms with Gasteiger partial charge in [0.05, 0.1) is 14.2 Å². The lowest BCUT2D eigenvalue weighted by atomic mass is 10.0. The van der Waals surface area contributed by atoms with Crippen molar-refractivity contribution in [3.63, 3.8) is 0 Å². The first kappa shape index (κ1) is 24.1. The standard InChI is InChI=1S/C22H21N5O4.ClH/c1-30-18-12-15(10-16-13-25-21(24)26-20(16)23)11-17(19(18)31-2)27(22(28)29)9-8-14-6-4-3-5-7-14;/h3-7,11-13H,10H2,1-2H3,(H,28,29)(H4,23,24,25,26);1H. The molecule has 3 aromatic rings. The molecule has 1 heterocycles. The Morgan fingerprint density at radius 1 is 1.16 bits per heavy atom. The largest absolute Gasteiger partial charge is 0.493 e. The molecule has 5 N–H and O–H groups in total. The van der Waals surface area contributed by atoms with Crippen molar-refractivity contribution in [2.45, 2.75) is 6.42 Å². The third kappa shape index (κ3) is 5.50. The average molecular weight is 456 g/mol. The Bertz CT molecular complexity index is 1160. The third-order valence-corrected chi connectivity index (χ3v) is 4.35. The van der Waals surface area contributed by atoms with Gasteiger partial charge in [-0.3, -0.25) is 0 Å². The first-order valence-corrected chi connectivity index (χ1v) is 9.14. The van der Waals surface area contributed by atoms with Crippen LogP contribution in [-0.2, 0) is 6.42 Å². The molecule has 10 heteroatoms. The van der Waals surface area contributed by atoms with Crippen molar-refractivity contribution in [1.29, 1.82) is 0 Å². The van der Waals surface area contributed by atoms with Crippen molar-refractivity contribution >= 4 is 36.0 Å². The van der Waals surface area contributed by atoms with Crippen molar-refractivity contribution in [2.75, 3.05) is 30.6 Å². The molecule has 9 nitrogen and oxygen atoms in total. The van der Waals surface area contributed by atoms with E-state index in [0.717, 1.165) is 4.90 Å². The van der Waals surface area contributed by atoms with Gasteiger partial charge in [-0.1, -0.05) is 18.2 Å². The number of amides is 1. The van der Waals surface area contributed by atoms with E-state index in [1.54, 1.807) is 24.3 Å². The summed E-state index contributed by atoms with van der Waals surface area (Å²) in [6.45, 7) is 0. The molecule has 0 radical (unpaired) electrons. The number of nitrogens with zero attached hydrogens (tertiary/aromatic N) is 3. The highest BCUT2D eigenvalue weighted by Crippen LogP contribution is 2.39. The minimum absolute atomic E-state index is 0. The molecule has 1 amide bonds. The van der Waals surface area contributed by atoms with E-state index in [0.29, 0.717) is 28.9 Å². The van der Waals surface area contributed by atoms with Crippen molar-refractivity contribution in [2.24, 2.45) is 0 Å². The number of rotatable bonds is 5. The second kappa shape index (κ2) is 10.7. The number of anilines is 3. The van der Waals surface area contributed by atoms with E-state index < -0.39 is 6.09 Å². The Balaban J connectivity index is 0.00000363. The number of ether oxygens (including phenoxy) is 2. The summed E-state index contributed by atoms with van der Waals surface area (Å²) in [5.41, 5.74) is 13.7. The van der Waals surface area contributed by atoms with Crippen LogP contribution < -0.4 is 25.8 Å². The molecule has 0 aliphatic rings. The summed E-state index contributed by atoms with van der Waals surface area (Å²) >= 11 is 0. The first-order valence-electron chi connectivity index (χ1n) is 9.14. The zero-order chi connectivity index (χ0) is 22.4. The van der Waals surface area contributed by atoms with Crippen LogP contribution in [0.4, 0.5) is 22.2 Å². The number of benzene rings is 2. The maximum atomic E-state index is 12.0. The first-order chi connectivity index (χ1) is 14.9. The summed E-state index contributed by atoms with van der Waals surface area (Å²) in [4.78, 5) is 20.8. The minimum atomic E-state index is -1.27. The topological polar surface area (TPSA) is 137 Å². The Morgan fingerprint density at radius 3 is 2.47 bits per heavy atom. The molecule has 0 spiro atoms. The van der Waals surface area contributed by atoms with E-state index in [2.05, 4.69) is 21.9 Å². The van der Waals surface area contributed by atoms with E-state index in [4.69, 9.17) is 20.9 Å². The number of carbonyl (C=O) groups is 1. The Labute approximate surface area is 191 Å². The zero-order valence-corrected chi connectivity index (χ0v) is 18.2. The predicted molar refractivity (Wildman–Crippen MR) is 124 cm³/mol. The van der Waals surface area contributed by atoms with Gasteiger partial charge >= 0.3 is 6.09 Å². The fraction of sp³-hybridized carbons (Fsp3) is 0.136. The number of halogens is 1. The average Bonchev–Trinajstić information content (AvgIpc) is 2.76. The van der Waals surface area contributed by atoms with Crippen LogP contribution in [0, 0.1) is 12.0 Å². The van der Waals surface area contributed by atoms with Gasteiger partial charge in [-0.05, 0) is 35.7 Å². The SMILES string of the molecule is COc1cc(Cc2cnc(N)nc2N)cc(N(C#Cc2ccccc2)C(=O)O)c1OC.Cl. The number of nitrogen functional groups attached to an aromatic ring is 2. The normalized spacial score (nSPS) is 9.69. The highest BCUT2D eigenvalue weighted by molar-refractivity contribution is 5.93. The molecular formula is C22H22ClN5O4. The summed E-state index contributed by atoms with van der Waals surface area (Å²) in [7, 11) is 2.89.